The van der Waals surface area contributed by atoms with Crippen molar-refractivity contribution < 1.29 is 8.42 Å². The summed E-state index contributed by atoms with van der Waals surface area (Å²) in [6, 6.07) is 8.39. The van der Waals surface area contributed by atoms with E-state index in [9.17, 15) is 8.42 Å². The van der Waals surface area contributed by atoms with Crippen LogP contribution in [0.25, 0.3) is 0 Å². The number of rotatable bonds is 5. The molecule has 0 bridgehead atoms. The van der Waals surface area contributed by atoms with Crippen LogP contribution in [0.1, 0.15) is 0 Å². The molecule has 0 radical (unpaired) electrons. The number of aryl methyl sites for hydroxylation is 1. The molecule has 1 heterocycles. The number of sulfone groups is 1. The smallest absolute Gasteiger partial charge is 0.199 e. The lowest BCUT2D eigenvalue weighted by Crippen LogP contribution is -1.95. The average molecular weight is 331 g/mol. The largest absolute Gasteiger partial charge is 0.329 e. The molecule has 20 heavy (non-hydrogen) atoms. The predicted octanol–water partition coefficient (Wildman–Crippen LogP) is 2.92. The minimum absolute atomic E-state index is 0. The van der Waals surface area contributed by atoms with E-state index in [1.807, 2.05) is 17.8 Å². The van der Waals surface area contributed by atoms with Gasteiger partial charge in [-0.2, -0.15) is 0 Å². The van der Waals surface area contributed by atoms with E-state index in [4.69, 9.17) is 0 Å². The Balaban J connectivity index is 0.00000200. The van der Waals surface area contributed by atoms with Crippen LogP contribution in [0.2, 0.25) is 0 Å². The van der Waals surface area contributed by atoms with E-state index < -0.39 is 9.84 Å². The highest BCUT2D eigenvalue weighted by Gasteiger charge is 2.08. The zero-order valence-corrected chi connectivity index (χ0v) is 13.3. The van der Waals surface area contributed by atoms with Crippen LogP contribution in [0, 0.1) is 0 Å². The molecule has 0 aliphatic carbocycles. The molecule has 0 aliphatic rings. The van der Waals surface area contributed by atoms with Crippen LogP contribution in [0.4, 0.5) is 0 Å². The van der Waals surface area contributed by atoms with Crippen molar-refractivity contribution in [3.05, 3.63) is 54.2 Å². The summed E-state index contributed by atoms with van der Waals surface area (Å²) in [5, 5.41) is 2.11. The molecule has 0 spiro atoms. The lowest BCUT2D eigenvalue weighted by Gasteiger charge is -1.99. The lowest BCUT2D eigenvalue weighted by molar-refractivity contribution is 0.604. The Morgan fingerprint density at radius 3 is 2.60 bits per heavy atom. The van der Waals surface area contributed by atoms with Crippen molar-refractivity contribution in [2.75, 3.05) is 5.75 Å². The Labute approximate surface area is 129 Å². The highest BCUT2D eigenvalue weighted by atomic mass is 35.5. The second-order valence-corrected chi connectivity index (χ2v) is 6.68. The van der Waals surface area contributed by atoms with Gasteiger partial charge in [0.25, 0.3) is 0 Å². The van der Waals surface area contributed by atoms with E-state index in [2.05, 4.69) is 4.98 Å². The SMILES string of the molecule is Cl.Cn1ccnc1SC/C=C/S(=O)(=O)c1ccccc1. The Morgan fingerprint density at radius 2 is 2.00 bits per heavy atom. The fourth-order valence-corrected chi connectivity index (χ4v) is 3.37. The molecule has 7 heteroatoms. The van der Waals surface area contributed by atoms with Crippen molar-refractivity contribution in [3.63, 3.8) is 0 Å². The number of hydrogen-bond acceptors (Lipinski definition) is 4. The van der Waals surface area contributed by atoms with Crippen LogP contribution >= 0.6 is 24.2 Å². The number of imidazole rings is 1. The Hall–Kier alpha value is -1.24. The third kappa shape index (κ3) is 4.40. The minimum Gasteiger partial charge on any atom is -0.329 e. The first-order valence-electron chi connectivity index (χ1n) is 5.66. The molecule has 0 fully saturated rings. The molecule has 1 aromatic carbocycles. The number of halogens is 1. The highest BCUT2D eigenvalue weighted by Crippen LogP contribution is 2.16. The van der Waals surface area contributed by atoms with Crippen LogP contribution in [-0.2, 0) is 16.9 Å². The van der Waals surface area contributed by atoms with E-state index in [0.717, 1.165) is 5.16 Å². The van der Waals surface area contributed by atoms with Gasteiger partial charge < -0.3 is 4.57 Å². The molecule has 0 saturated carbocycles. The van der Waals surface area contributed by atoms with Crippen LogP contribution in [0.15, 0.2) is 64.3 Å². The molecule has 0 aliphatic heterocycles. The van der Waals surface area contributed by atoms with E-state index in [-0.39, 0.29) is 12.4 Å². The predicted molar refractivity (Wildman–Crippen MR) is 83.9 cm³/mol. The number of benzene rings is 1. The van der Waals surface area contributed by atoms with Crippen molar-refractivity contribution in [2.24, 2.45) is 7.05 Å². The molecular weight excluding hydrogens is 316 g/mol. The molecule has 2 aromatic rings. The van der Waals surface area contributed by atoms with Gasteiger partial charge in [0.1, 0.15) is 0 Å². The lowest BCUT2D eigenvalue weighted by atomic mass is 10.4. The minimum atomic E-state index is -3.33. The number of hydrogen-bond donors (Lipinski definition) is 0. The number of aromatic nitrogens is 2. The highest BCUT2D eigenvalue weighted by molar-refractivity contribution is 7.99. The summed E-state index contributed by atoms with van der Waals surface area (Å²) in [4.78, 5) is 4.46. The fraction of sp³-hybridized carbons (Fsp3) is 0.154. The van der Waals surface area contributed by atoms with Gasteiger partial charge in [-0.25, -0.2) is 13.4 Å². The second kappa shape index (κ2) is 7.52. The molecule has 0 amide bonds. The maximum atomic E-state index is 11.9. The van der Waals surface area contributed by atoms with Crippen LogP contribution in [0.3, 0.4) is 0 Å². The summed E-state index contributed by atoms with van der Waals surface area (Å²) in [6.45, 7) is 0. The van der Waals surface area contributed by atoms with Crippen molar-refractivity contribution >= 4 is 34.0 Å². The van der Waals surface area contributed by atoms with E-state index in [1.165, 1.54) is 17.2 Å². The molecule has 4 nitrogen and oxygen atoms in total. The third-order valence-electron chi connectivity index (χ3n) is 2.43. The molecule has 0 saturated heterocycles. The maximum absolute atomic E-state index is 11.9. The third-order valence-corrected chi connectivity index (χ3v) is 4.92. The fourth-order valence-electron chi connectivity index (χ4n) is 1.47. The van der Waals surface area contributed by atoms with Crippen molar-refractivity contribution in [3.8, 4) is 0 Å². The summed E-state index contributed by atoms with van der Waals surface area (Å²) in [5.41, 5.74) is 0. The van der Waals surface area contributed by atoms with E-state index in [0.29, 0.717) is 10.6 Å². The van der Waals surface area contributed by atoms with Crippen molar-refractivity contribution in [1.82, 2.24) is 9.55 Å². The topological polar surface area (TPSA) is 52.0 Å². The maximum Gasteiger partial charge on any atom is 0.199 e. The van der Waals surface area contributed by atoms with E-state index >= 15 is 0 Å². The molecule has 2 rings (SSSR count). The molecule has 0 unspecified atom stereocenters. The normalized spacial score (nSPS) is 11.4. The summed E-state index contributed by atoms with van der Waals surface area (Å²) in [6.07, 6.45) is 5.21. The van der Waals surface area contributed by atoms with Gasteiger partial charge in [-0.05, 0) is 12.1 Å². The summed E-state index contributed by atoms with van der Waals surface area (Å²) in [5.74, 6) is 0.566. The van der Waals surface area contributed by atoms with Gasteiger partial charge in [0.2, 0.25) is 0 Å². The molecule has 0 N–H and O–H groups in total. The van der Waals surface area contributed by atoms with Crippen LogP contribution in [0.5, 0.6) is 0 Å². The zero-order valence-electron chi connectivity index (χ0n) is 10.8. The molecular formula is C13H15ClN2O2S2. The Kier molecular flexibility index (Phi) is 6.32. The van der Waals surface area contributed by atoms with Gasteiger partial charge in [-0.3, -0.25) is 0 Å². The van der Waals surface area contributed by atoms with Gasteiger partial charge >= 0.3 is 0 Å². The first-order chi connectivity index (χ1) is 9.09. The quantitative estimate of drug-likeness (QED) is 0.791. The van der Waals surface area contributed by atoms with E-state index in [1.54, 1.807) is 42.6 Å². The summed E-state index contributed by atoms with van der Waals surface area (Å²) >= 11 is 1.49. The number of nitrogens with zero attached hydrogens (tertiary/aromatic N) is 2. The van der Waals surface area contributed by atoms with Crippen molar-refractivity contribution in [2.45, 2.75) is 10.1 Å². The monoisotopic (exact) mass is 330 g/mol. The Bertz CT molecular complexity index is 667. The molecule has 108 valence electrons. The van der Waals surface area contributed by atoms with Gasteiger partial charge in [0.15, 0.2) is 15.0 Å². The van der Waals surface area contributed by atoms with Gasteiger partial charge in [0, 0.05) is 30.6 Å². The van der Waals surface area contributed by atoms with Gasteiger partial charge in [-0.1, -0.05) is 36.0 Å². The molecule has 1 aromatic heterocycles. The Morgan fingerprint density at radius 1 is 1.30 bits per heavy atom. The van der Waals surface area contributed by atoms with Gasteiger partial charge in [0.05, 0.1) is 4.90 Å². The second-order valence-electron chi connectivity index (χ2n) is 3.86. The van der Waals surface area contributed by atoms with Gasteiger partial charge in [-0.15, -0.1) is 12.4 Å². The molecule has 0 atom stereocenters. The number of thioether (sulfide) groups is 1. The zero-order chi connectivity index (χ0) is 13.7. The first-order valence-corrected chi connectivity index (χ1v) is 8.19. The van der Waals surface area contributed by atoms with Crippen molar-refractivity contribution in [1.29, 1.82) is 0 Å². The summed E-state index contributed by atoms with van der Waals surface area (Å²) in [7, 11) is -1.43. The summed E-state index contributed by atoms with van der Waals surface area (Å²) < 4.78 is 25.8. The van der Waals surface area contributed by atoms with Crippen LogP contribution < -0.4 is 0 Å². The van der Waals surface area contributed by atoms with Crippen LogP contribution in [-0.4, -0.2) is 23.7 Å². The average Bonchev–Trinajstić information content (AvgIpc) is 2.81. The first kappa shape index (κ1) is 16.8. The standard InChI is InChI=1S/C13H14N2O2S2.ClH/c1-15-9-8-14-13(15)18-10-5-11-19(16,17)12-6-3-2-4-7-12;/h2-9,11H,10H2,1H3;1H/b11-5+;.